The second-order valence-corrected chi connectivity index (χ2v) is 10.5. The van der Waals surface area contributed by atoms with Crippen LogP contribution in [0.2, 0.25) is 0 Å². The van der Waals surface area contributed by atoms with E-state index in [-0.39, 0.29) is 23.6 Å². The highest BCUT2D eigenvalue weighted by Gasteiger charge is 2.37. The monoisotopic (exact) mass is 468 g/mol. The lowest BCUT2D eigenvalue weighted by atomic mass is 9.92. The molecule has 1 aromatic carbocycles. The van der Waals surface area contributed by atoms with Gasteiger partial charge in [-0.15, -0.1) is 0 Å². The maximum absolute atomic E-state index is 13.6. The van der Waals surface area contributed by atoms with Crippen molar-refractivity contribution in [3.05, 3.63) is 35.4 Å². The van der Waals surface area contributed by atoms with Crippen molar-refractivity contribution in [3.63, 3.8) is 0 Å². The van der Waals surface area contributed by atoms with Gasteiger partial charge < -0.3 is 14.7 Å². The fourth-order valence-corrected chi connectivity index (χ4v) is 5.42. The molecule has 4 rings (SSSR count). The predicted octanol–water partition coefficient (Wildman–Crippen LogP) is 2.53. The van der Waals surface area contributed by atoms with Crippen molar-refractivity contribution >= 4 is 17.7 Å². The number of carbonyl (C=O) groups is 3. The molecule has 1 unspecified atom stereocenters. The van der Waals surface area contributed by atoms with E-state index in [0.717, 1.165) is 37.1 Å². The smallest absolute Gasteiger partial charge is 0.245 e. The van der Waals surface area contributed by atoms with Gasteiger partial charge in [-0.25, -0.2) is 0 Å². The summed E-state index contributed by atoms with van der Waals surface area (Å²) in [6, 6.07) is 7.70. The van der Waals surface area contributed by atoms with E-state index in [4.69, 9.17) is 0 Å². The molecule has 1 atom stereocenters. The van der Waals surface area contributed by atoms with E-state index in [1.165, 1.54) is 12.8 Å². The Morgan fingerprint density at radius 1 is 0.824 bits per heavy atom. The summed E-state index contributed by atoms with van der Waals surface area (Å²) in [6.07, 6.45) is 5.67. The number of likely N-dealkylation sites (tertiary alicyclic amines) is 1. The van der Waals surface area contributed by atoms with Gasteiger partial charge in [0.1, 0.15) is 6.04 Å². The summed E-state index contributed by atoms with van der Waals surface area (Å²) in [5.74, 6) is 0.580. The molecule has 0 spiro atoms. The van der Waals surface area contributed by atoms with E-state index in [9.17, 15) is 14.4 Å². The minimum atomic E-state index is -0.438. The average Bonchev–Trinajstić information content (AvgIpc) is 3.12. The van der Waals surface area contributed by atoms with Gasteiger partial charge in [-0.2, -0.15) is 0 Å². The van der Waals surface area contributed by atoms with E-state index < -0.39 is 6.04 Å². The second kappa shape index (κ2) is 11.3. The van der Waals surface area contributed by atoms with Crippen LogP contribution in [0, 0.1) is 5.92 Å². The van der Waals surface area contributed by atoms with Crippen LogP contribution in [-0.2, 0) is 27.3 Å². The first-order valence-electron chi connectivity index (χ1n) is 13.1. The second-order valence-electron chi connectivity index (χ2n) is 10.5. The fourth-order valence-electron chi connectivity index (χ4n) is 5.42. The lowest BCUT2D eigenvalue weighted by Crippen LogP contribution is -2.58. The summed E-state index contributed by atoms with van der Waals surface area (Å²) in [5, 5.41) is 0. The number of benzene rings is 1. The van der Waals surface area contributed by atoms with Gasteiger partial charge in [0.25, 0.3) is 0 Å². The van der Waals surface area contributed by atoms with Gasteiger partial charge in [-0.3, -0.25) is 19.3 Å². The van der Waals surface area contributed by atoms with Crippen molar-refractivity contribution in [2.45, 2.75) is 65.0 Å². The number of carbonyl (C=O) groups excluding carboxylic acids is 3. The topological polar surface area (TPSA) is 64.2 Å². The molecule has 0 bridgehead atoms. The van der Waals surface area contributed by atoms with Crippen molar-refractivity contribution in [1.82, 2.24) is 19.6 Å². The van der Waals surface area contributed by atoms with Crippen LogP contribution in [0.25, 0.3) is 0 Å². The first kappa shape index (κ1) is 24.7. The van der Waals surface area contributed by atoms with E-state index in [0.29, 0.717) is 52.1 Å². The van der Waals surface area contributed by atoms with Crippen LogP contribution in [0.1, 0.15) is 57.1 Å². The van der Waals surface area contributed by atoms with Crippen LogP contribution in [0.15, 0.2) is 24.3 Å². The van der Waals surface area contributed by atoms with E-state index in [1.54, 1.807) is 4.90 Å². The molecular formula is C27H40N4O3. The molecule has 2 saturated heterocycles. The molecule has 3 aliphatic heterocycles. The number of fused-ring (bicyclic) bond motifs is 1. The Balaban J connectivity index is 1.36. The molecule has 3 amide bonds. The Morgan fingerprint density at radius 3 is 2.12 bits per heavy atom. The normalized spacial score (nSPS) is 21.9. The van der Waals surface area contributed by atoms with Crippen LogP contribution < -0.4 is 0 Å². The van der Waals surface area contributed by atoms with Crippen molar-refractivity contribution in [2.75, 3.05) is 45.8 Å². The van der Waals surface area contributed by atoms with Crippen molar-refractivity contribution < 1.29 is 14.4 Å². The number of hydrogen-bond donors (Lipinski definition) is 0. The SMILES string of the molecule is CC(C)CC(=O)N1Cc2ccccc2CC1C(=O)N1CCN(CC(=O)N2CCCCCC2)CC1. The number of piperazine rings is 1. The summed E-state index contributed by atoms with van der Waals surface area (Å²) >= 11 is 0. The van der Waals surface area contributed by atoms with Crippen LogP contribution in [0.4, 0.5) is 0 Å². The number of nitrogens with zero attached hydrogens (tertiary/aromatic N) is 4. The molecule has 34 heavy (non-hydrogen) atoms. The van der Waals surface area contributed by atoms with Gasteiger partial charge in [-0.1, -0.05) is 51.0 Å². The standard InChI is InChI=1S/C27H40N4O3/c1-21(2)17-25(32)31-19-23-10-6-5-9-22(23)18-24(31)27(34)30-15-13-28(14-16-30)20-26(33)29-11-7-3-4-8-12-29/h5-6,9-10,21,24H,3-4,7-8,11-20H2,1-2H3. The lowest BCUT2D eigenvalue weighted by molar-refractivity contribution is -0.149. The van der Waals surface area contributed by atoms with Gasteiger partial charge in [0, 0.05) is 58.7 Å². The fraction of sp³-hybridized carbons (Fsp3) is 0.667. The zero-order valence-corrected chi connectivity index (χ0v) is 20.9. The minimum Gasteiger partial charge on any atom is -0.342 e. The minimum absolute atomic E-state index is 0.0464. The zero-order valence-electron chi connectivity index (χ0n) is 20.9. The summed E-state index contributed by atoms with van der Waals surface area (Å²) in [4.78, 5) is 47.4. The van der Waals surface area contributed by atoms with Gasteiger partial charge in [-0.05, 0) is 29.9 Å². The molecule has 2 fully saturated rings. The molecule has 186 valence electrons. The van der Waals surface area contributed by atoms with Crippen LogP contribution in [0.3, 0.4) is 0 Å². The highest BCUT2D eigenvalue weighted by atomic mass is 16.2. The van der Waals surface area contributed by atoms with Gasteiger partial charge in [0.05, 0.1) is 6.54 Å². The highest BCUT2D eigenvalue weighted by molar-refractivity contribution is 5.88. The first-order chi connectivity index (χ1) is 16.4. The quantitative estimate of drug-likeness (QED) is 0.666. The van der Waals surface area contributed by atoms with E-state index in [2.05, 4.69) is 17.0 Å². The number of amides is 3. The molecular weight excluding hydrogens is 428 g/mol. The molecule has 3 heterocycles. The van der Waals surface area contributed by atoms with E-state index >= 15 is 0 Å². The first-order valence-corrected chi connectivity index (χ1v) is 13.1. The molecule has 7 heteroatoms. The summed E-state index contributed by atoms with van der Waals surface area (Å²) in [5.41, 5.74) is 2.30. The molecule has 0 N–H and O–H groups in total. The molecule has 3 aliphatic rings. The maximum Gasteiger partial charge on any atom is 0.245 e. The Kier molecular flexibility index (Phi) is 8.24. The van der Waals surface area contributed by atoms with Crippen LogP contribution in [-0.4, -0.2) is 89.2 Å². The largest absolute Gasteiger partial charge is 0.342 e. The summed E-state index contributed by atoms with van der Waals surface area (Å²) < 4.78 is 0. The van der Waals surface area contributed by atoms with Crippen molar-refractivity contribution in [3.8, 4) is 0 Å². The van der Waals surface area contributed by atoms with E-state index in [1.807, 2.05) is 35.8 Å². The number of hydrogen-bond acceptors (Lipinski definition) is 4. The van der Waals surface area contributed by atoms with Gasteiger partial charge in [0.2, 0.25) is 17.7 Å². The molecule has 1 aromatic rings. The van der Waals surface area contributed by atoms with Crippen LogP contribution >= 0.6 is 0 Å². The Bertz CT molecular complexity index is 870. The molecule has 0 saturated carbocycles. The predicted molar refractivity (Wildman–Crippen MR) is 132 cm³/mol. The third kappa shape index (κ3) is 5.98. The third-order valence-corrected chi connectivity index (χ3v) is 7.44. The summed E-state index contributed by atoms with van der Waals surface area (Å²) in [6.45, 7) is 9.40. The maximum atomic E-state index is 13.6. The Hall–Kier alpha value is -2.41. The molecule has 0 aromatic heterocycles. The average molecular weight is 469 g/mol. The Labute approximate surface area is 204 Å². The van der Waals surface area contributed by atoms with Crippen molar-refractivity contribution in [1.29, 1.82) is 0 Å². The summed E-state index contributed by atoms with van der Waals surface area (Å²) in [7, 11) is 0. The van der Waals surface area contributed by atoms with Crippen molar-refractivity contribution in [2.24, 2.45) is 5.92 Å². The zero-order chi connectivity index (χ0) is 24.1. The highest BCUT2D eigenvalue weighted by Crippen LogP contribution is 2.26. The van der Waals surface area contributed by atoms with Gasteiger partial charge >= 0.3 is 0 Å². The lowest BCUT2D eigenvalue weighted by Gasteiger charge is -2.41. The third-order valence-electron chi connectivity index (χ3n) is 7.44. The molecule has 0 aliphatic carbocycles. The van der Waals surface area contributed by atoms with Gasteiger partial charge in [0.15, 0.2) is 0 Å². The number of rotatable bonds is 5. The Morgan fingerprint density at radius 2 is 1.47 bits per heavy atom. The molecule has 0 radical (unpaired) electrons. The van der Waals surface area contributed by atoms with Crippen LogP contribution in [0.5, 0.6) is 0 Å². The molecule has 7 nitrogen and oxygen atoms in total.